The van der Waals surface area contributed by atoms with Crippen LogP contribution in [0.15, 0.2) is 42.5 Å². The molecule has 2 N–H and O–H groups in total. The molecule has 0 fully saturated rings. The molecule has 0 spiro atoms. The van der Waals surface area contributed by atoms with Crippen LogP contribution in [0.1, 0.15) is 27.0 Å². The van der Waals surface area contributed by atoms with Crippen LogP contribution in [0.25, 0.3) is 0 Å². The van der Waals surface area contributed by atoms with Gasteiger partial charge in [-0.05, 0) is 73.9 Å². The van der Waals surface area contributed by atoms with Gasteiger partial charge in [-0.2, -0.15) is 0 Å². The second kappa shape index (κ2) is 10.0. The number of hydrogen-bond donors (Lipinski definition) is 2. The molecule has 3 aromatic rings. The Morgan fingerprint density at radius 3 is 2.12 bits per heavy atom. The number of halogens is 4. The van der Waals surface area contributed by atoms with E-state index in [0.29, 0.717) is 27.2 Å². The van der Waals surface area contributed by atoms with Crippen molar-refractivity contribution < 1.29 is 14.3 Å². The second-order valence-corrected chi connectivity index (χ2v) is 8.66. The van der Waals surface area contributed by atoms with E-state index in [4.69, 9.17) is 51.1 Å². The molecule has 3 aromatic carbocycles. The minimum atomic E-state index is -0.720. The molecule has 0 bridgehead atoms. The minimum absolute atomic E-state index is 0.0265. The van der Waals surface area contributed by atoms with Crippen LogP contribution in [0, 0.1) is 20.8 Å². The number of aryl methyl sites for hydroxylation is 1. The van der Waals surface area contributed by atoms with Crippen LogP contribution >= 0.6 is 46.4 Å². The number of amides is 3. The SMILES string of the molecule is Cc1cc(NC(=O)NC(=O)c2c(Cl)cccc2Cl)c(C)c(C)c1Oc1ccc(Cl)cc1Cl. The lowest BCUT2D eigenvalue weighted by Gasteiger charge is -2.18. The summed E-state index contributed by atoms with van der Waals surface area (Å²) in [5.74, 6) is 0.362. The summed E-state index contributed by atoms with van der Waals surface area (Å²) in [7, 11) is 0. The predicted octanol–water partition coefficient (Wildman–Crippen LogP) is 7.98. The van der Waals surface area contributed by atoms with Gasteiger partial charge in [-0.15, -0.1) is 0 Å². The Labute approximate surface area is 205 Å². The Morgan fingerprint density at radius 1 is 0.844 bits per heavy atom. The molecule has 0 unspecified atom stereocenters. The lowest BCUT2D eigenvalue weighted by molar-refractivity contribution is 0.0967. The average molecular weight is 512 g/mol. The van der Waals surface area contributed by atoms with Gasteiger partial charge in [0, 0.05) is 10.7 Å². The summed E-state index contributed by atoms with van der Waals surface area (Å²) < 4.78 is 6.01. The Hall–Kier alpha value is -2.44. The van der Waals surface area contributed by atoms with Gasteiger partial charge >= 0.3 is 6.03 Å². The van der Waals surface area contributed by atoms with Gasteiger partial charge in [-0.25, -0.2) is 4.79 Å². The van der Waals surface area contributed by atoms with Crippen LogP contribution in [-0.2, 0) is 0 Å². The first kappa shape index (κ1) is 24.2. The van der Waals surface area contributed by atoms with Gasteiger partial charge in [0.25, 0.3) is 5.91 Å². The lowest BCUT2D eigenvalue weighted by Crippen LogP contribution is -2.35. The van der Waals surface area contributed by atoms with Crippen LogP contribution in [-0.4, -0.2) is 11.9 Å². The monoisotopic (exact) mass is 510 g/mol. The summed E-state index contributed by atoms with van der Waals surface area (Å²) in [6.45, 7) is 5.52. The molecule has 0 aliphatic rings. The van der Waals surface area contributed by atoms with E-state index in [1.807, 2.05) is 20.8 Å². The number of carbonyl (C=O) groups is 2. The normalized spacial score (nSPS) is 10.6. The van der Waals surface area contributed by atoms with E-state index >= 15 is 0 Å². The molecule has 0 saturated carbocycles. The highest BCUT2D eigenvalue weighted by Gasteiger charge is 2.19. The summed E-state index contributed by atoms with van der Waals surface area (Å²) in [6.07, 6.45) is 0. The summed E-state index contributed by atoms with van der Waals surface area (Å²) in [5, 5.41) is 6.11. The van der Waals surface area contributed by atoms with Crippen molar-refractivity contribution in [3.8, 4) is 11.5 Å². The van der Waals surface area contributed by atoms with Crippen molar-refractivity contribution in [3.63, 3.8) is 0 Å². The molecule has 5 nitrogen and oxygen atoms in total. The number of rotatable bonds is 4. The van der Waals surface area contributed by atoms with Crippen molar-refractivity contribution in [3.05, 3.63) is 84.8 Å². The number of nitrogens with one attached hydrogen (secondary N) is 2. The first-order valence-corrected chi connectivity index (χ1v) is 10.9. The number of benzene rings is 3. The molecule has 0 radical (unpaired) electrons. The highest BCUT2D eigenvalue weighted by Crippen LogP contribution is 2.38. The van der Waals surface area contributed by atoms with Crippen molar-refractivity contribution >= 4 is 64.0 Å². The zero-order chi connectivity index (χ0) is 23.6. The maximum atomic E-state index is 12.5. The maximum Gasteiger partial charge on any atom is 0.326 e. The van der Waals surface area contributed by atoms with E-state index in [-0.39, 0.29) is 15.6 Å². The maximum absolute atomic E-state index is 12.5. The highest BCUT2D eigenvalue weighted by atomic mass is 35.5. The molecule has 32 heavy (non-hydrogen) atoms. The predicted molar refractivity (Wildman–Crippen MR) is 130 cm³/mol. The molecule has 9 heteroatoms. The summed E-state index contributed by atoms with van der Waals surface area (Å²) in [4.78, 5) is 24.9. The Kier molecular flexibility index (Phi) is 7.57. The minimum Gasteiger partial charge on any atom is -0.455 e. The third-order valence-corrected chi connectivity index (χ3v) is 5.96. The number of anilines is 1. The van der Waals surface area contributed by atoms with E-state index in [1.54, 1.807) is 30.3 Å². The number of imide groups is 1. The molecular weight excluding hydrogens is 494 g/mol. The van der Waals surface area contributed by atoms with Crippen LogP contribution in [0.3, 0.4) is 0 Å². The molecule has 0 aliphatic heterocycles. The van der Waals surface area contributed by atoms with Crippen LogP contribution in [0.5, 0.6) is 11.5 Å². The summed E-state index contributed by atoms with van der Waals surface area (Å²) in [6, 6.07) is 10.6. The van der Waals surface area contributed by atoms with Crippen molar-refractivity contribution in [2.24, 2.45) is 0 Å². The third-order valence-electron chi connectivity index (χ3n) is 4.80. The van der Waals surface area contributed by atoms with Crippen LogP contribution in [0.2, 0.25) is 20.1 Å². The largest absolute Gasteiger partial charge is 0.455 e. The van der Waals surface area contributed by atoms with Crippen LogP contribution in [0.4, 0.5) is 10.5 Å². The van der Waals surface area contributed by atoms with Gasteiger partial charge in [0.2, 0.25) is 0 Å². The molecule has 0 atom stereocenters. The topological polar surface area (TPSA) is 67.4 Å². The quantitative estimate of drug-likeness (QED) is 0.373. The van der Waals surface area contributed by atoms with Gasteiger partial charge < -0.3 is 10.1 Å². The summed E-state index contributed by atoms with van der Waals surface area (Å²) in [5.41, 5.74) is 2.86. The lowest BCUT2D eigenvalue weighted by atomic mass is 10.0. The molecule has 0 aromatic heterocycles. The number of hydrogen-bond acceptors (Lipinski definition) is 3. The number of carbonyl (C=O) groups excluding carboxylic acids is 2. The molecule has 0 saturated heterocycles. The second-order valence-electron chi connectivity index (χ2n) is 7.00. The molecule has 3 rings (SSSR count). The fourth-order valence-corrected chi connectivity index (χ4v) is 4.06. The Bertz CT molecular complexity index is 1210. The molecule has 0 aliphatic carbocycles. The number of ether oxygens (including phenoxy) is 1. The van der Waals surface area contributed by atoms with E-state index in [1.165, 1.54) is 12.1 Å². The van der Waals surface area contributed by atoms with Crippen molar-refractivity contribution in [1.29, 1.82) is 0 Å². The zero-order valence-electron chi connectivity index (χ0n) is 17.3. The van der Waals surface area contributed by atoms with Gasteiger partial charge in [0.15, 0.2) is 0 Å². The van der Waals surface area contributed by atoms with E-state index in [9.17, 15) is 9.59 Å². The fraction of sp³-hybridized carbons (Fsp3) is 0.130. The van der Waals surface area contributed by atoms with Crippen molar-refractivity contribution in [2.75, 3.05) is 5.32 Å². The van der Waals surface area contributed by atoms with E-state index in [0.717, 1.165) is 16.7 Å². The first-order chi connectivity index (χ1) is 15.1. The van der Waals surface area contributed by atoms with Crippen LogP contribution < -0.4 is 15.4 Å². The fourth-order valence-electron chi connectivity index (χ4n) is 3.05. The third kappa shape index (κ3) is 5.30. The highest BCUT2D eigenvalue weighted by molar-refractivity contribution is 6.40. The molecule has 0 heterocycles. The van der Waals surface area contributed by atoms with Crippen molar-refractivity contribution in [2.45, 2.75) is 20.8 Å². The first-order valence-electron chi connectivity index (χ1n) is 9.38. The average Bonchev–Trinajstić information content (AvgIpc) is 2.70. The number of urea groups is 1. The van der Waals surface area contributed by atoms with Crippen molar-refractivity contribution in [1.82, 2.24) is 5.32 Å². The zero-order valence-corrected chi connectivity index (χ0v) is 20.3. The van der Waals surface area contributed by atoms with Gasteiger partial charge in [-0.1, -0.05) is 52.5 Å². The van der Waals surface area contributed by atoms with Gasteiger partial charge in [0.1, 0.15) is 11.5 Å². The van der Waals surface area contributed by atoms with E-state index < -0.39 is 11.9 Å². The molecule has 166 valence electrons. The van der Waals surface area contributed by atoms with E-state index in [2.05, 4.69) is 10.6 Å². The summed E-state index contributed by atoms with van der Waals surface area (Å²) >= 11 is 24.2. The smallest absolute Gasteiger partial charge is 0.326 e. The molecular formula is C23H18Cl4N2O3. The van der Waals surface area contributed by atoms with Gasteiger partial charge in [0.05, 0.1) is 20.6 Å². The Morgan fingerprint density at radius 2 is 1.50 bits per heavy atom. The standard InChI is InChI=1S/C23H18Cl4N2O3/c1-11-9-18(28-23(31)29-22(30)20-15(25)5-4-6-16(20)26)12(2)13(3)21(11)32-19-8-7-14(24)10-17(19)27/h4-10H,1-3H3,(H2,28,29,30,31). The van der Waals surface area contributed by atoms with Gasteiger partial charge in [-0.3, -0.25) is 10.1 Å². The Balaban J connectivity index is 1.80. The molecule has 3 amide bonds.